The number of rotatable bonds is 4. The zero-order valence-electron chi connectivity index (χ0n) is 11.6. The SMILES string of the molecule is Cc1cccc(NC(=O)c2ccc(NS(C)(=O)=O)cc2)n1. The maximum absolute atomic E-state index is 12.0. The van der Waals surface area contributed by atoms with Crippen molar-refractivity contribution < 1.29 is 13.2 Å². The Balaban J connectivity index is 2.10. The van der Waals surface area contributed by atoms with Crippen LogP contribution in [0.3, 0.4) is 0 Å². The lowest BCUT2D eigenvalue weighted by atomic mass is 10.2. The molecule has 2 N–H and O–H groups in total. The molecule has 2 rings (SSSR count). The van der Waals surface area contributed by atoms with Gasteiger partial charge in [0.25, 0.3) is 5.91 Å². The molecular formula is C14H15N3O3S. The summed E-state index contributed by atoms with van der Waals surface area (Å²) in [5, 5.41) is 2.68. The van der Waals surface area contributed by atoms with E-state index >= 15 is 0 Å². The van der Waals surface area contributed by atoms with Gasteiger partial charge < -0.3 is 5.32 Å². The number of hydrogen-bond donors (Lipinski definition) is 2. The monoisotopic (exact) mass is 305 g/mol. The van der Waals surface area contributed by atoms with Crippen molar-refractivity contribution in [3.8, 4) is 0 Å². The van der Waals surface area contributed by atoms with Gasteiger partial charge in [0.05, 0.1) is 6.26 Å². The van der Waals surface area contributed by atoms with Crippen molar-refractivity contribution in [1.29, 1.82) is 0 Å². The van der Waals surface area contributed by atoms with Crippen LogP contribution in [0.4, 0.5) is 11.5 Å². The maximum atomic E-state index is 12.0. The van der Waals surface area contributed by atoms with Crippen LogP contribution in [-0.2, 0) is 10.0 Å². The minimum atomic E-state index is -3.32. The number of carbonyl (C=O) groups excluding carboxylic acids is 1. The number of hydrogen-bond acceptors (Lipinski definition) is 4. The van der Waals surface area contributed by atoms with E-state index in [1.54, 1.807) is 24.3 Å². The molecule has 0 unspecified atom stereocenters. The topological polar surface area (TPSA) is 88.2 Å². The summed E-state index contributed by atoms with van der Waals surface area (Å²) in [6.07, 6.45) is 1.07. The molecule has 0 saturated heterocycles. The number of sulfonamides is 1. The molecule has 0 saturated carbocycles. The Morgan fingerprint density at radius 1 is 1.10 bits per heavy atom. The summed E-state index contributed by atoms with van der Waals surface area (Å²) in [6.45, 7) is 1.83. The zero-order valence-corrected chi connectivity index (χ0v) is 12.4. The van der Waals surface area contributed by atoms with Crippen LogP contribution in [0.2, 0.25) is 0 Å². The molecule has 1 aromatic carbocycles. The number of anilines is 2. The number of carbonyl (C=O) groups is 1. The van der Waals surface area contributed by atoms with E-state index in [1.165, 1.54) is 12.1 Å². The second-order valence-corrected chi connectivity index (χ2v) is 6.32. The largest absolute Gasteiger partial charge is 0.307 e. The first kappa shape index (κ1) is 15.0. The molecule has 1 aromatic heterocycles. The zero-order chi connectivity index (χ0) is 15.5. The summed E-state index contributed by atoms with van der Waals surface area (Å²) in [6, 6.07) is 11.5. The van der Waals surface area contributed by atoms with Crippen LogP contribution >= 0.6 is 0 Å². The molecule has 0 radical (unpaired) electrons. The van der Waals surface area contributed by atoms with E-state index in [-0.39, 0.29) is 5.91 Å². The highest BCUT2D eigenvalue weighted by Crippen LogP contribution is 2.12. The first-order valence-corrected chi connectivity index (χ1v) is 8.05. The second-order valence-electron chi connectivity index (χ2n) is 4.57. The quantitative estimate of drug-likeness (QED) is 0.904. The molecule has 7 heteroatoms. The summed E-state index contributed by atoms with van der Waals surface area (Å²) < 4.78 is 24.5. The molecule has 1 heterocycles. The minimum absolute atomic E-state index is 0.306. The van der Waals surface area contributed by atoms with Crippen LogP contribution in [0, 0.1) is 6.92 Å². The predicted molar refractivity (Wildman–Crippen MR) is 81.8 cm³/mol. The number of pyridine rings is 1. The molecule has 0 aliphatic carbocycles. The third-order valence-electron chi connectivity index (χ3n) is 2.58. The minimum Gasteiger partial charge on any atom is -0.307 e. The van der Waals surface area contributed by atoms with Crippen molar-refractivity contribution in [1.82, 2.24) is 4.98 Å². The smallest absolute Gasteiger partial charge is 0.256 e. The standard InChI is InChI=1S/C14H15N3O3S/c1-10-4-3-5-13(15-10)16-14(18)11-6-8-12(9-7-11)17-21(2,19)20/h3-9,17H,1-2H3,(H,15,16,18). The van der Waals surface area contributed by atoms with E-state index in [2.05, 4.69) is 15.0 Å². The van der Waals surface area contributed by atoms with Gasteiger partial charge in [-0.15, -0.1) is 0 Å². The van der Waals surface area contributed by atoms with Crippen LogP contribution in [0.15, 0.2) is 42.5 Å². The Bertz CT molecular complexity index is 755. The molecule has 0 atom stereocenters. The lowest BCUT2D eigenvalue weighted by molar-refractivity contribution is 0.102. The average molecular weight is 305 g/mol. The van der Waals surface area contributed by atoms with Crippen molar-refractivity contribution in [3.63, 3.8) is 0 Å². The van der Waals surface area contributed by atoms with E-state index < -0.39 is 10.0 Å². The first-order chi connectivity index (χ1) is 9.83. The fourth-order valence-corrected chi connectivity index (χ4v) is 2.27. The Morgan fingerprint density at radius 3 is 2.33 bits per heavy atom. The van der Waals surface area contributed by atoms with Crippen LogP contribution in [0.5, 0.6) is 0 Å². The van der Waals surface area contributed by atoms with Gasteiger partial charge in [-0.25, -0.2) is 13.4 Å². The molecule has 2 aromatic rings. The highest BCUT2D eigenvalue weighted by Gasteiger charge is 2.08. The average Bonchev–Trinajstić information content (AvgIpc) is 2.37. The Hall–Kier alpha value is -2.41. The van der Waals surface area contributed by atoms with Crippen LogP contribution in [0.1, 0.15) is 16.1 Å². The van der Waals surface area contributed by atoms with Crippen molar-refractivity contribution in [2.24, 2.45) is 0 Å². The van der Waals surface area contributed by atoms with Gasteiger partial charge in [-0.3, -0.25) is 9.52 Å². The number of nitrogens with one attached hydrogen (secondary N) is 2. The number of amides is 1. The fraction of sp³-hybridized carbons (Fsp3) is 0.143. The van der Waals surface area contributed by atoms with Gasteiger partial charge in [0.2, 0.25) is 10.0 Å². The molecule has 0 bridgehead atoms. The summed E-state index contributed by atoms with van der Waals surface area (Å²) in [4.78, 5) is 16.2. The Kier molecular flexibility index (Phi) is 4.23. The van der Waals surface area contributed by atoms with Gasteiger partial charge in [-0.2, -0.15) is 0 Å². The van der Waals surface area contributed by atoms with Gasteiger partial charge in [0, 0.05) is 16.9 Å². The summed E-state index contributed by atoms with van der Waals surface area (Å²) in [7, 11) is -3.32. The fourth-order valence-electron chi connectivity index (χ4n) is 1.70. The Labute approximate surface area is 123 Å². The summed E-state index contributed by atoms with van der Waals surface area (Å²) in [5.74, 6) is 0.164. The number of nitrogens with zero attached hydrogens (tertiary/aromatic N) is 1. The van der Waals surface area contributed by atoms with E-state index in [9.17, 15) is 13.2 Å². The molecule has 110 valence electrons. The highest BCUT2D eigenvalue weighted by molar-refractivity contribution is 7.92. The van der Waals surface area contributed by atoms with Crippen molar-refractivity contribution >= 4 is 27.4 Å². The van der Waals surface area contributed by atoms with Crippen molar-refractivity contribution in [3.05, 3.63) is 53.7 Å². The van der Waals surface area contributed by atoms with E-state index in [0.717, 1.165) is 11.9 Å². The number of aromatic nitrogens is 1. The first-order valence-electron chi connectivity index (χ1n) is 6.16. The van der Waals surface area contributed by atoms with Crippen LogP contribution in [0.25, 0.3) is 0 Å². The van der Waals surface area contributed by atoms with Crippen LogP contribution < -0.4 is 10.0 Å². The number of aryl methyl sites for hydroxylation is 1. The molecular weight excluding hydrogens is 290 g/mol. The molecule has 1 amide bonds. The molecule has 0 fully saturated rings. The highest BCUT2D eigenvalue weighted by atomic mass is 32.2. The van der Waals surface area contributed by atoms with Gasteiger partial charge in [-0.05, 0) is 43.3 Å². The van der Waals surface area contributed by atoms with Crippen molar-refractivity contribution in [2.45, 2.75) is 6.92 Å². The van der Waals surface area contributed by atoms with E-state index in [1.807, 2.05) is 13.0 Å². The molecule has 0 aliphatic heterocycles. The van der Waals surface area contributed by atoms with Gasteiger partial charge in [-0.1, -0.05) is 6.07 Å². The van der Waals surface area contributed by atoms with Crippen molar-refractivity contribution in [2.75, 3.05) is 16.3 Å². The summed E-state index contributed by atoms with van der Waals surface area (Å²) >= 11 is 0. The third-order valence-corrected chi connectivity index (χ3v) is 3.19. The predicted octanol–water partition coefficient (Wildman–Crippen LogP) is 2.01. The van der Waals surface area contributed by atoms with Gasteiger partial charge >= 0.3 is 0 Å². The maximum Gasteiger partial charge on any atom is 0.256 e. The summed E-state index contributed by atoms with van der Waals surface area (Å²) in [5.41, 5.74) is 1.63. The van der Waals surface area contributed by atoms with E-state index in [0.29, 0.717) is 17.1 Å². The molecule has 6 nitrogen and oxygen atoms in total. The normalized spacial score (nSPS) is 11.0. The third kappa shape index (κ3) is 4.57. The second kappa shape index (κ2) is 5.92. The lowest BCUT2D eigenvalue weighted by Gasteiger charge is -2.07. The van der Waals surface area contributed by atoms with Gasteiger partial charge in [0.15, 0.2) is 0 Å². The van der Waals surface area contributed by atoms with Crippen LogP contribution in [-0.4, -0.2) is 25.6 Å². The van der Waals surface area contributed by atoms with Gasteiger partial charge in [0.1, 0.15) is 5.82 Å². The van der Waals surface area contributed by atoms with E-state index in [4.69, 9.17) is 0 Å². The molecule has 0 aliphatic rings. The number of benzene rings is 1. The lowest BCUT2D eigenvalue weighted by Crippen LogP contribution is -2.13. The molecule has 21 heavy (non-hydrogen) atoms. The Morgan fingerprint density at radius 2 is 1.76 bits per heavy atom. The molecule has 0 spiro atoms.